The summed E-state index contributed by atoms with van der Waals surface area (Å²) in [4.78, 5) is 31.2. The Balaban J connectivity index is 1.75. The number of hydrogen-bond donors (Lipinski definition) is 1. The van der Waals surface area contributed by atoms with Crippen LogP contribution in [0.2, 0.25) is 0 Å². The van der Waals surface area contributed by atoms with Crippen LogP contribution in [-0.2, 0) is 4.79 Å². The number of nitrogens with zero attached hydrogens (tertiary/aromatic N) is 2. The lowest BCUT2D eigenvalue weighted by atomic mass is 10.1. The van der Waals surface area contributed by atoms with Crippen LogP contribution in [0.3, 0.4) is 0 Å². The number of rotatable bonds is 3. The van der Waals surface area contributed by atoms with Crippen LogP contribution in [0.4, 0.5) is 11.4 Å². The summed E-state index contributed by atoms with van der Waals surface area (Å²) < 4.78 is 0. The lowest BCUT2D eigenvalue weighted by Crippen LogP contribution is -2.27. The van der Waals surface area contributed by atoms with E-state index in [0.29, 0.717) is 5.75 Å². The molecule has 27 heavy (non-hydrogen) atoms. The van der Waals surface area contributed by atoms with Gasteiger partial charge < -0.3 is 9.88 Å². The maximum atomic E-state index is 12.6. The quantitative estimate of drug-likeness (QED) is 0.754. The number of amides is 1. The number of nitrogens with one attached hydrogen (secondary N) is 1. The molecule has 0 aliphatic carbocycles. The molecule has 1 atom stereocenters. The van der Waals surface area contributed by atoms with Gasteiger partial charge in [0.05, 0.1) is 11.3 Å². The normalized spacial score (nSPS) is 16.9. The van der Waals surface area contributed by atoms with Gasteiger partial charge in [0.2, 0.25) is 11.5 Å². The number of H-pyrrole nitrogens is 1. The van der Waals surface area contributed by atoms with Crippen molar-refractivity contribution in [2.45, 2.75) is 12.3 Å². The lowest BCUT2D eigenvalue weighted by molar-refractivity contribution is -0.115. The first-order chi connectivity index (χ1) is 12.9. The maximum absolute atomic E-state index is 12.6. The number of pyridine rings is 1. The highest BCUT2D eigenvalue weighted by atomic mass is 32.2. The van der Waals surface area contributed by atoms with Gasteiger partial charge >= 0.3 is 0 Å². The van der Waals surface area contributed by atoms with Crippen molar-refractivity contribution in [3.63, 3.8) is 0 Å². The second kappa shape index (κ2) is 6.78. The van der Waals surface area contributed by atoms with E-state index in [9.17, 15) is 9.59 Å². The summed E-state index contributed by atoms with van der Waals surface area (Å²) in [5.74, 6) is 0.527. The molecule has 1 aromatic heterocycles. The minimum Gasteiger partial charge on any atom is -0.378 e. The molecule has 0 radical (unpaired) electrons. The zero-order chi connectivity index (χ0) is 19.1. The fourth-order valence-corrected chi connectivity index (χ4v) is 4.64. The molecule has 5 nitrogen and oxygen atoms in total. The molecule has 0 bridgehead atoms. The Hall–Kier alpha value is -2.73. The summed E-state index contributed by atoms with van der Waals surface area (Å²) in [6.07, 6.45) is 0. The second-order valence-electron chi connectivity index (χ2n) is 6.96. The Bertz CT molecular complexity index is 1070. The molecular weight excluding hydrogens is 358 g/mol. The van der Waals surface area contributed by atoms with Gasteiger partial charge in [-0.15, -0.1) is 11.8 Å². The molecule has 1 amide bonds. The SMILES string of the molecule is Cc1cc(=O)[nH]c2cc(N3C(=O)CSC3c3ccc(N(C)C)cc3)ccc12. The highest BCUT2D eigenvalue weighted by Gasteiger charge is 2.34. The van der Waals surface area contributed by atoms with Crippen molar-refractivity contribution >= 4 is 39.9 Å². The second-order valence-corrected chi connectivity index (χ2v) is 8.03. The summed E-state index contributed by atoms with van der Waals surface area (Å²) >= 11 is 1.62. The van der Waals surface area contributed by atoms with Crippen molar-refractivity contribution < 1.29 is 4.79 Å². The number of hydrogen-bond acceptors (Lipinski definition) is 4. The van der Waals surface area contributed by atoms with E-state index in [4.69, 9.17) is 0 Å². The first-order valence-electron chi connectivity index (χ1n) is 8.79. The van der Waals surface area contributed by atoms with Crippen molar-refractivity contribution in [3.8, 4) is 0 Å². The lowest BCUT2D eigenvalue weighted by Gasteiger charge is -2.25. The predicted molar refractivity (Wildman–Crippen MR) is 113 cm³/mol. The molecule has 0 spiro atoms. The van der Waals surface area contributed by atoms with Gasteiger partial charge in [0, 0.05) is 36.9 Å². The highest BCUT2D eigenvalue weighted by Crippen LogP contribution is 2.42. The number of aromatic amines is 1. The standard InChI is InChI=1S/C21H21N3O2S/c1-13-10-19(25)22-18-11-16(8-9-17(13)18)24-20(26)12-27-21(24)14-4-6-15(7-5-14)23(2)3/h4-11,21H,12H2,1-3H3,(H,22,25). The molecule has 1 fully saturated rings. The molecule has 4 rings (SSSR count). The Kier molecular flexibility index (Phi) is 4.44. The summed E-state index contributed by atoms with van der Waals surface area (Å²) in [5, 5.41) is 0.923. The molecule has 138 valence electrons. The summed E-state index contributed by atoms with van der Waals surface area (Å²) in [6, 6.07) is 15.7. The van der Waals surface area contributed by atoms with Gasteiger partial charge in [0.15, 0.2) is 0 Å². The average molecular weight is 379 g/mol. The van der Waals surface area contributed by atoms with Crippen LogP contribution in [0.25, 0.3) is 10.9 Å². The Labute approximate surface area is 162 Å². The molecule has 1 N–H and O–H groups in total. The van der Waals surface area contributed by atoms with Gasteiger partial charge in [-0.1, -0.05) is 18.2 Å². The van der Waals surface area contributed by atoms with Crippen molar-refractivity contribution in [2.24, 2.45) is 0 Å². The highest BCUT2D eigenvalue weighted by molar-refractivity contribution is 8.00. The Morgan fingerprint density at radius 2 is 1.81 bits per heavy atom. The molecular formula is C21H21N3O2S. The first kappa shape index (κ1) is 17.7. The molecule has 2 heterocycles. The van der Waals surface area contributed by atoms with Crippen LogP contribution in [0.5, 0.6) is 0 Å². The third-order valence-corrected chi connectivity index (χ3v) is 6.09. The smallest absolute Gasteiger partial charge is 0.248 e. The van der Waals surface area contributed by atoms with Crippen LogP contribution in [0.15, 0.2) is 53.3 Å². The number of aromatic nitrogens is 1. The Morgan fingerprint density at radius 3 is 2.52 bits per heavy atom. The van der Waals surface area contributed by atoms with Crippen molar-refractivity contribution in [2.75, 3.05) is 29.6 Å². The minimum absolute atomic E-state index is 0.0670. The maximum Gasteiger partial charge on any atom is 0.248 e. The van der Waals surface area contributed by atoms with E-state index in [1.807, 2.05) is 44.1 Å². The van der Waals surface area contributed by atoms with Gasteiger partial charge in [-0.2, -0.15) is 0 Å². The van der Waals surface area contributed by atoms with Crippen LogP contribution >= 0.6 is 11.8 Å². The third-order valence-electron chi connectivity index (χ3n) is 4.87. The van der Waals surface area contributed by atoms with Crippen LogP contribution < -0.4 is 15.4 Å². The number of thioether (sulfide) groups is 1. The molecule has 2 aromatic carbocycles. The van der Waals surface area contributed by atoms with Crippen molar-refractivity contribution in [3.05, 3.63) is 70.0 Å². The topological polar surface area (TPSA) is 56.4 Å². The van der Waals surface area contributed by atoms with Crippen molar-refractivity contribution in [1.82, 2.24) is 4.98 Å². The van der Waals surface area contributed by atoms with E-state index in [2.05, 4.69) is 34.1 Å². The molecule has 1 aliphatic rings. The van der Waals surface area contributed by atoms with E-state index in [1.165, 1.54) is 0 Å². The average Bonchev–Trinajstić information content (AvgIpc) is 3.02. The van der Waals surface area contributed by atoms with E-state index in [0.717, 1.165) is 33.4 Å². The molecule has 1 unspecified atom stereocenters. The molecule has 6 heteroatoms. The van der Waals surface area contributed by atoms with E-state index < -0.39 is 0 Å². The van der Waals surface area contributed by atoms with Crippen LogP contribution in [0, 0.1) is 6.92 Å². The van der Waals surface area contributed by atoms with Gasteiger partial charge in [-0.25, -0.2) is 0 Å². The number of anilines is 2. The van der Waals surface area contributed by atoms with Gasteiger partial charge in [0.25, 0.3) is 0 Å². The molecule has 1 saturated heterocycles. The monoisotopic (exact) mass is 379 g/mol. The number of fused-ring (bicyclic) bond motifs is 1. The minimum atomic E-state index is -0.130. The number of benzene rings is 2. The van der Waals surface area contributed by atoms with Gasteiger partial charge in [0.1, 0.15) is 5.37 Å². The largest absolute Gasteiger partial charge is 0.378 e. The fraction of sp³-hybridized carbons (Fsp3) is 0.238. The number of carbonyl (C=O) groups is 1. The van der Waals surface area contributed by atoms with Gasteiger partial charge in [-0.05, 0) is 42.3 Å². The fourth-order valence-electron chi connectivity index (χ4n) is 3.46. The Morgan fingerprint density at radius 1 is 1.07 bits per heavy atom. The number of aryl methyl sites for hydroxylation is 1. The zero-order valence-corrected chi connectivity index (χ0v) is 16.3. The van der Waals surface area contributed by atoms with E-state index in [-0.39, 0.29) is 16.8 Å². The predicted octanol–water partition coefficient (Wildman–Crippen LogP) is 3.68. The third kappa shape index (κ3) is 3.21. The van der Waals surface area contributed by atoms with E-state index >= 15 is 0 Å². The summed E-state index contributed by atoms with van der Waals surface area (Å²) in [6.45, 7) is 1.92. The summed E-state index contributed by atoms with van der Waals surface area (Å²) in [5.41, 5.74) is 4.57. The van der Waals surface area contributed by atoms with E-state index in [1.54, 1.807) is 17.8 Å². The van der Waals surface area contributed by atoms with Crippen LogP contribution in [0.1, 0.15) is 16.5 Å². The van der Waals surface area contributed by atoms with Crippen LogP contribution in [-0.4, -0.2) is 30.7 Å². The first-order valence-corrected chi connectivity index (χ1v) is 9.83. The molecule has 0 saturated carbocycles. The molecule has 1 aliphatic heterocycles. The van der Waals surface area contributed by atoms with Crippen molar-refractivity contribution in [1.29, 1.82) is 0 Å². The van der Waals surface area contributed by atoms with Gasteiger partial charge in [-0.3, -0.25) is 14.5 Å². The molecule has 3 aromatic rings. The summed E-state index contributed by atoms with van der Waals surface area (Å²) in [7, 11) is 4.01. The number of carbonyl (C=O) groups excluding carboxylic acids is 1. The zero-order valence-electron chi connectivity index (χ0n) is 15.5.